The van der Waals surface area contributed by atoms with Crippen LogP contribution in [0, 0.1) is 5.92 Å². The molecule has 1 saturated carbocycles. The van der Waals surface area contributed by atoms with Gasteiger partial charge in [0.05, 0.1) is 31.0 Å². The largest absolute Gasteiger partial charge is 0.394 e. The Morgan fingerprint density at radius 2 is 1.63 bits per heavy atom. The third-order valence-electron chi connectivity index (χ3n) is 4.55. The van der Waals surface area contributed by atoms with Crippen LogP contribution in [0.5, 0.6) is 0 Å². The second-order valence-corrected chi connectivity index (χ2v) is 5.54. The quantitative estimate of drug-likeness (QED) is 0.810. The summed E-state index contributed by atoms with van der Waals surface area (Å²) in [7, 11) is 5.15. The van der Waals surface area contributed by atoms with Crippen LogP contribution in [0.4, 0.5) is 0 Å². The zero-order chi connectivity index (χ0) is 13.8. The molecule has 0 radical (unpaired) electrons. The molecule has 0 spiro atoms. The molecule has 2 aliphatic rings. The predicted molar refractivity (Wildman–Crippen MR) is 70.1 cm³/mol. The van der Waals surface area contributed by atoms with Crippen molar-refractivity contribution in [3.8, 4) is 0 Å². The van der Waals surface area contributed by atoms with Crippen molar-refractivity contribution in [2.45, 2.75) is 56.2 Å². The van der Waals surface area contributed by atoms with E-state index in [9.17, 15) is 0 Å². The van der Waals surface area contributed by atoms with Gasteiger partial charge in [0.2, 0.25) is 0 Å². The van der Waals surface area contributed by atoms with Crippen LogP contribution < -0.4 is 0 Å². The molecule has 5 nitrogen and oxygen atoms in total. The Balaban J connectivity index is 1.99. The molecule has 1 aliphatic carbocycles. The van der Waals surface area contributed by atoms with Crippen molar-refractivity contribution >= 4 is 0 Å². The molecule has 2 fully saturated rings. The summed E-state index contributed by atoms with van der Waals surface area (Å²) in [6.07, 6.45) is 4.12. The van der Waals surface area contributed by atoms with Gasteiger partial charge in [0.25, 0.3) is 0 Å². The van der Waals surface area contributed by atoms with Crippen LogP contribution in [0.1, 0.15) is 25.7 Å². The van der Waals surface area contributed by atoms with Crippen LogP contribution in [0.25, 0.3) is 0 Å². The van der Waals surface area contributed by atoms with Crippen LogP contribution in [0.3, 0.4) is 0 Å². The highest BCUT2D eigenvalue weighted by Crippen LogP contribution is 2.37. The molecule has 0 aromatic rings. The van der Waals surface area contributed by atoms with E-state index in [4.69, 9.17) is 24.1 Å². The number of ether oxygens (including phenoxy) is 4. The molecule has 0 bridgehead atoms. The maximum absolute atomic E-state index is 9.16. The van der Waals surface area contributed by atoms with E-state index >= 15 is 0 Å². The standard InChI is InChI=1S/C14H26O5/c1-16-12-6-9(7-13(17-2)14(12)18-3)11-5-4-10(8-15)19-11/h9-15H,4-8H2,1-3H3. The number of hydrogen-bond acceptors (Lipinski definition) is 5. The molecule has 0 amide bonds. The van der Waals surface area contributed by atoms with Gasteiger partial charge in [-0.25, -0.2) is 0 Å². The molecule has 4 atom stereocenters. The van der Waals surface area contributed by atoms with Gasteiger partial charge >= 0.3 is 0 Å². The summed E-state index contributed by atoms with van der Waals surface area (Å²) in [6.45, 7) is 0.116. The molecule has 1 saturated heterocycles. The molecule has 5 heteroatoms. The van der Waals surface area contributed by atoms with Crippen LogP contribution in [-0.2, 0) is 18.9 Å². The Bertz CT molecular complexity index is 259. The fourth-order valence-corrected chi connectivity index (χ4v) is 3.48. The zero-order valence-corrected chi connectivity index (χ0v) is 12.1. The SMILES string of the molecule is COC1CC(C2CCC(CO)O2)CC(OC)C1OC. The van der Waals surface area contributed by atoms with Gasteiger partial charge in [0.1, 0.15) is 6.10 Å². The summed E-state index contributed by atoms with van der Waals surface area (Å²) < 4.78 is 22.5. The highest BCUT2D eigenvalue weighted by molar-refractivity contribution is 4.93. The lowest BCUT2D eigenvalue weighted by Gasteiger charge is -2.41. The number of rotatable bonds is 5. The van der Waals surface area contributed by atoms with E-state index in [0.717, 1.165) is 25.7 Å². The monoisotopic (exact) mass is 274 g/mol. The molecule has 2 rings (SSSR count). The second kappa shape index (κ2) is 6.99. The van der Waals surface area contributed by atoms with Crippen LogP contribution in [-0.4, -0.2) is 63.6 Å². The average molecular weight is 274 g/mol. The Labute approximate surface area is 115 Å². The van der Waals surface area contributed by atoms with Gasteiger partial charge in [0, 0.05) is 21.3 Å². The van der Waals surface area contributed by atoms with Gasteiger partial charge in [-0.2, -0.15) is 0 Å². The molecule has 1 N–H and O–H groups in total. The summed E-state index contributed by atoms with van der Waals surface area (Å²) in [5.41, 5.74) is 0. The Kier molecular flexibility index (Phi) is 5.59. The minimum Gasteiger partial charge on any atom is -0.394 e. The lowest BCUT2D eigenvalue weighted by atomic mass is 9.79. The van der Waals surface area contributed by atoms with E-state index in [1.165, 1.54) is 0 Å². The summed E-state index contributed by atoms with van der Waals surface area (Å²) in [4.78, 5) is 0. The van der Waals surface area contributed by atoms with Crippen molar-refractivity contribution in [2.24, 2.45) is 5.92 Å². The predicted octanol–water partition coefficient (Wildman–Crippen LogP) is 0.981. The third kappa shape index (κ3) is 3.28. The minimum absolute atomic E-state index is 0.00661. The van der Waals surface area contributed by atoms with Crippen molar-refractivity contribution in [3.63, 3.8) is 0 Å². The first-order valence-corrected chi connectivity index (χ1v) is 7.08. The molecule has 0 aromatic carbocycles. The van der Waals surface area contributed by atoms with Gasteiger partial charge in [-0.15, -0.1) is 0 Å². The summed E-state index contributed by atoms with van der Waals surface area (Å²) in [6, 6.07) is 0. The summed E-state index contributed by atoms with van der Waals surface area (Å²) in [5, 5.41) is 9.16. The van der Waals surface area contributed by atoms with Crippen LogP contribution in [0.2, 0.25) is 0 Å². The molecule has 19 heavy (non-hydrogen) atoms. The number of aliphatic hydroxyl groups excluding tert-OH is 1. The maximum atomic E-state index is 9.16. The van der Waals surface area contributed by atoms with E-state index in [1.807, 2.05) is 0 Å². The first-order chi connectivity index (χ1) is 9.23. The molecule has 112 valence electrons. The van der Waals surface area contributed by atoms with Gasteiger partial charge in [-0.1, -0.05) is 0 Å². The molecule has 0 aromatic heterocycles. The van der Waals surface area contributed by atoms with E-state index in [-0.39, 0.29) is 37.1 Å². The smallest absolute Gasteiger partial charge is 0.109 e. The zero-order valence-electron chi connectivity index (χ0n) is 12.1. The van der Waals surface area contributed by atoms with Crippen LogP contribution in [0.15, 0.2) is 0 Å². The Morgan fingerprint density at radius 1 is 1.00 bits per heavy atom. The van der Waals surface area contributed by atoms with Crippen molar-refractivity contribution in [3.05, 3.63) is 0 Å². The van der Waals surface area contributed by atoms with E-state index in [1.54, 1.807) is 21.3 Å². The van der Waals surface area contributed by atoms with Crippen molar-refractivity contribution in [1.29, 1.82) is 0 Å². The van der Waals surface area contributed by atoms with Gasteiger partial charge in [-0.05, 0) is 31.6 Å². The average Bonchev–Trinajstić information content (AvgIpc) is 2.94. The maximum Gasteiger partial charge on any atom is 0.109 e. The topological polar surface area (TPSA) is 57.2 Å². The second-order valence-electron chi connectivity index (χ2n) is 5.54. The van der Waals surface area contributed by atoms with Crippen LogP contribution >= 0.6 is 0 Å². The number of hydrogen-bond donors (Lipinski definition) is 1. The summed E-state index contributed by atoms with van der Waals surface area (Å²) in [5.74, 6) is 0.415. The van der Waals surface area contributed by atoms with E-state index in [0.29, 0.717) is 5.92 Å². The summed E-state index contributed by atoms with van der Waals surface area (Å²) >= 11 is 0. The molecule has 1 heterocycles. The number of aliphatic hydroxyl groups is 1. The Morgan fingerprint density at radius 3 is 2.05 bits per heavy atom. The highest BCUT2D eigenvalue weighted by Gasteiger charge is 2.43. The highest BCUT2D eigenvalue weighted by atomic mass is 16.6. The van der Waals surface area contributed by atoms with Gasteiger partial charge < -0.3 is 24.1 Å². The lowest BCUT2D eigenvalue weighted by Crippen LogP contribution is -2.49. The lowest BCUT2D eigenvalue weighted by molar-refractivity contribution is -0.155. The number of methoxy groups -OCH3 is 3. The molecular formula is C14H26O5. The fraction of sp³-hybridized carbons (Fsp3) is 1.00. The third-order valence-corrected chi connectivity index (χ3v) is 4.55. The molecular weight excluding hydrogens is 248 g/mol. The fourth-order valence-electron chi connectivity index (χ4n) is 3.48. The van der Waals surface area contributed by atoms with Gasteiger partial charge in [-0.3, -0.25) is 0 Å². The Hall–Kier alpha value is -0.200. The van der Waals surface area contributed by atoms with E-state index in [2.05, 4.69) is 0 Å². The molecule has 4 unspecified atom stereocenters. The van der Waals surface area contributed by atoms with Crippen molar-refractivity contribution in [2.75, 3.05) is 27.9 Å². The van der Waals surface area contributed by atoms with E-state index < -0.39 is 0 Å². The van der Waals surface area contributed by atoms with Crippen molar-refractivity contribution < 1.29 is 24.1 Å². The normalized spacial score (nSPS) is 43.6. The molecule has 1 aliphatic heterocycles. The minimum atomic E-state index is -0.0127. The van der Waals surface area contributed by atoms with Crippen molar-refractivity contribution in [1.82, 2.24) is 0 Å². The first-order valence-electron chi connectivity index (χ1n) is 7.08. The first kappa shape index (κ1) is 15.2. The van der Waals surface area contributed by atoms with Gasteiger partial charge in [0.15, 0.2) is 0 Å².